The molecule has 1 aliphatic rings. The molecule has 84 valence electrons. The average Bonchev–Trinajstić information content (AvgIpc) is 2.18. The summed E-state index contributed by atoms with van der Waals surface area (Å²) in [5.74, 6) is 1.25. The zero-order valence-electron chi connectivity index (χ0n) is 9.97. The molecule has 0 amide bonds. The minimum absolute atomic E-state index is 0.338. The molecule has 2 atom stereocenters. The minimum Gasteiger partial charge on any atom is -0.309 e. The van der Waals surface area contributed by atoms with Crippen LogP contribution in [0.25, 0.3) is 0 Å². The van der Waals surface area contributed by atoms with E-state index in [9.17, 15) is 0 Å². The van der Waals surface area contributed by atoms with E-state index in [1.165, 1.54) is 25.3 Å². The average molecular weight is 216 g/mol. The highest BCUT2D eigenvalue weighted by Crippen LogP contribution is 2.18. The second-order valence-electron chi connectivity index (χ2n) is 4.62. The molecule has 0 radical (unpaired) electrons. The van der Waals surface area contributed by atoms with E-state index in [0.717, 1.165) is 12.6 Å². The van der Waals surface area contributed by atoms with Crippen LogP contribution in [0.2, 0.25) is 0 Å². The van der Waals surface area contributed by atoms with Crippen molar-refractivity contribution < 1.29 is 0 Å². The number of hydrogen-bond acceptors (Lipinski definition) is 3. The molecule has 1 saturated heterocycles. The van der Waals surface area contributed by atoms with Crippen molar-refractivity contribution in [1.82, 2.24) is 10.2 Å². The Balaban J connectivity index is 2.47. The molecule has 0 aromatic rings. The van der Waals surface area contributed by atoms with Crippen LogP contribution in [-0.2, 0) is 0 Å². The summed E-state index contributed by atoms with van der Waals surface area (Å²) in [5.41, 5.74) is 0.338. The molecule has 14 heavy (non-hydrogen) atoms. The van der Waals surface area contributed by atoms with Gasteiger partial charge in [0, 0.05) is 37.0 Å². The Morgan fingerprint density at radius 2 is 2.29 bits per heavy atom. The lowest BCUT2D eigenvalue weighted by molar-refractivity contribution is 0.113. The van der Waals surface area contributed by atoms with Crippen molar-refractivity contribution in [2.75, 3.05) is 31.6 Å². The van der Waals surface area contributed by atoms with Crippen molar-refractivity contribution in [3.8, 4) is 0 Å². The molecule has 0 aliphatic carbocycles. The van der Waals surface area contributed by atoms with E-state index < -0.39 is 0 Å². The fourth-order valence-corrected chi connectivity index (χ4v) is 2.74. The molecule has 3 heteroatoms. The first-order chi connectivity index (χ1) is 6.61. The fourth-order valence-electron chi connectivity index (χ4n) is 2.04. The highest BCUT2D eigenvalue weighted by molar-refractivity contribution is 7.98. The fraction of sp³-hybridized carbons (Fsp3) is 1.00. The summed E-state index contributed by atoms with van der Waals surface area (Å²) < 4.78 is 0. The van der Waals surface area contributed by atoms with Gasteiger partial charge in [-0.25, -0.2) is 0 Å². The van der Waals surface area contributed by atoms with Gasteiger partial charge in [0.25, 0.3) is 0 Å². The van der Waals surface area contributed by atoms with Gasteiger partial charge in [0.1, 0.15) is 0 Å². The van der Waals surface area contributed by atoms with Gasteiger partial charge in [-0.15, -0.1) is 0 Å². The summed E-state index contributed by atoms with van der Waals surface area (Å²) in [4.78, 5) is 2.62. The van der Waals surface area contributed by atoms with Crippen molar-refractivity contribution in [1.29, 1.82) is 0 Å². The highest BCUT2D eigenvalue weighted by Gasteiger charge is 2.30. The summed E-state index contributed by atoms with van der Waals surface area (Å²) >= 11 is 1.95. The predicted molar refractivity (Wildman–Crippen MR) is 66.1 cm³/mol. The van der Waals surface area contributed by atoms with Crippen LogP contribution in [-0.4, -0.2) is 48.1 Å². The third-order valence-corrected chi connectivity index (χ3v) is 4.13. The maximum absolute atomic E-state index is 3.62. The van der Waals surface area contributed by atoms with E-state index in [4.69, 9.17) is 0 Å². The van der Waals surface area contributed by atoms with Crippen LogP contribution in [0, 0.1) is 0 Å². The van der Waals surface area contributed by atoms with Gasteiger partial charge in [-0.3, -0.25) is 4.90 Å². The molecule has 1 heterocycles. The number of hydrogen-bond donors (Lipinski definition) is 1. The lowest BCUT2D eigenvalue weighted by Crippen LogP contribution is -2.60. The second kappa shape index (κ2) is 5.38. The molecule has 2 unspecified atom stereocenters. The van der Waals surface area contributed by atoms with Gasteiger partial charge in [0.05, 0.1) is 0 Å². The minimum atomic E-state index is 0.338. The van der Waals surface area contributed by atoms with Crippen molar-refractivity contribution >= 4 is 11.8 Å². The molecule has 1 rings (SSSR count). The molecule has 0 bridgehead atoms. The Morgan fingerprint density at radius 1 is 1.57 bits per heavy atom. The summed E-state index contributed by atoms with van der Waals surface area (Å²) in [6.45, 7) is 10.5. The highest BCUT2D eigenvalue weighted by atomic mass is 32.2. The topological polar surface area (TPSA) is 15.3 Å². The van der Waals surface area contributed by atoms with Gasteiger partial charge in [0.2, 0.25) is 0 Å². The van der Waals surface area contributed by atoms with Crippen molar-refractivity contribution in [2.24, 2.45) is 0 Å². The summed E-state index contributed by atoms with van der Waals surface area (Å²) in [7, 11) is 0. The third kappa shape index (κ3) is 3.14. The van der Waals surface area contributed by atoms with E-state index >= 15 is 0 Å². The maximum atomic E-state index is 3.62. The first kappa shape index (κ1) is 12.3. The smallest absolute Gasteiger partial charge is 0.0278 e. The lowest BCUT2D eigenvalue weighted by atomic mass is 9.95. The van der Waals surface area contributed by atoms with E-state index in [-0.39, 0.29) is 0 Å². The summed E-state index contributed by atoms with van der Waals surface area (Å²) in [6, 6.07) is 0.720. The van der Waals surface area contributed by atoms with Gasteiger partial charge in [-0.1, -0.05) is 6.92 Å². The Hall–Kier alpha value is 0.270. The van der Waals surface area contributed by atoms with Crippen LogP contribution < -0.4 is 5.32 Å². The summed E-state index contributed by atoms with van der Waals surface area (Å²) in [5, 5.41) is 3.62. The Labute approximate surface area is 92.8 Å². The van der Waals surface area contributed by atoms with E-state index in [1.54, 1.807) is 0 Å². The van der Waals surface area contributed by atoms with Crippen LogP contribution in [0.3, 0.4) is 0 Å². The molecule has 2 nitrogen and oxygen atoms in total. The number of piperazine rings is 1. The van der Waals surface area contributed by atoms with Gasteiger partial charge in [0.15, 0.2) is 0 Å². The zero-order valence-corrected chi connectivity index (χ0v) is 10.8. The van der Waals surface area contributed by atoms with Crippen LogP contribution in [0.5, 0.6) is 0 Å². The van der Waals surface area contributed by atoms with Gasteiger partial charge in [-0.05, 0) is 26.5 Å². The van der Waals surface area contributed by atoms with E-state index in [2.05, 4.69) is 37.2 Å². The van der Waals surface area contributed by atoms with Gasteiger partial charge >= 0.3 is 0 Å². The summed E-state index contributed by atoms with van der Waals surface area (Å²) in [6.07, 6.45) is 3.41. The monoisotopic (exact) mass is 216 g/mol. The molecule has 1 aliphatic heterocycles. The first-order valence-corrected chi connectivity index (χ1v) is 6.98. The third-order valence-electron chi connectivity index (χ3n) is 3.31. The molecule has 0 aromatic carbocycles. The van der Waals surface area contributed by atoms with Crippen LogP contribution in [0.1, 0.15) is 27.2 Å². The van der Waals surface area contributed by atoms with E-state index in [0.29, 0.717) is 5.54 Å². The molecule has 1 N–H and O–H groups in total. The normalized spacial score (nSPS) is 31.7. The van der Waals surface area contributed by atoms with Crippen LogP contribution in [0.4, 0.5) is 0 Å². The molecule has 0 aromatic heterocycles. The van der Waals surface area contributed by atoms with Gasteiger partial charge < -0.3 is 5.32 Å². The largest absolute Gasteiger partial charge is 0.309 e. The Kier molecular flexibility index (Phi) is 4.74. The van der Waals surface area contributed by atoms with Gasteiger partial charge in [-0.2, -0.15) is 11.8 Å². The quantitative estimate of drug-likeness (QED) is 0.771. The van der Waals surface area contributed by atoms with Crippen LogP contribution >= 0.6 is 11.8 Å². The number of nitrogens with zero attached hydrogens (tertiary/aromatic N) is 1. The van der Waals surface area contributed by atoms with Crippen LogP contribution in [0.15, 0.2) is 0 Å². The molecule has 0 saturated carbocycles. The molecular weight excluding hydrogens is 192 g/mol. The Morgan fingerprint density at radius 3 is 2.86 bits per heavy atom. The standard InChI is InChI=1S/C11H24N2S/c1-5-11(3)9-13(7-6-12-11)10(2)8-14-4/h10,12H,5-9H2,1-4H3. The lowest BCUT2D eigenvalue weighted by Gasteiger charge is -2.43. The van der Waals surface area contributed by atoms with Crippen molar-refractivity contribution in [3.63, 3.8) is 0 Å². The predicted octanol–water partition coefficient (Wildman–Crippen LogP) is 1.81. The molecule has 1 fully saturated rings. The second-order valence-corrected chi connectivity index (χ2v) is 5.53. The zero-order chi connectivity index (χ0) is 10.6. The Bertz CT molecular complexity index is 175. The SMILES string of the molecule is CCC1(C)CN(C(C)CSC)CCN1. The van der Waals surface area contributed by atoms with Crippen molar-refractivity contribution in [3.05, 3.63) is 0 Å². The number of rotatable bonds is 4. The van der Waals surface area contributed by atoms with Crippen molar-refractivity contribution in [2.45, 2.75) is 38.8 Å². The molecular formula is C11H24N2S. The van der Waals surface area contributed by atoms with E-state index in [1.807, 2.05) is 11.8 Å². The number of thioether (sulfide) groups is 1. The maximum Gasteiger partial charge on any atom is 0.0278 e. The first-order valence-electron chi connectivity index (χ1n) is 5.59. The molecule has 0 spiro atoms. The number of nitrogens with one attached hydrogen (secondary N) is 1.